The summed E-state index contributed by atoms with van der Waals surface area (Å²) in [6.45, 7) is 0.315. The Balaban J connectivity index is 2.35. The third-order valence-electron chi connectivity index (χ3n) is 1.95. The zero-order valence-electron chi connectivity index (χ0n) is 8.53. The van der Waals surface area contributed by atoms with E-state index in [1.165, 1.54) is 0 Å². The summed E-state index contributed by atoms with van der Waals surface area (Å²) in [6.07, 6.45) is 0.308. The number of benzene rings is 1. The Kier molecular flexibility index (Phi) is 4.79. The first kappa shape index (κ1) is 12.5. The van der Waals surface area contributed by atoms with Crippen LogP contribution in [0.2, 0.25) is 5.02 Å². The maximum atomic E-state index is 11.5. The van der Waals surface area contributed by atoms with Crippen LogP contribution in [-0.2, 0) is 4.79 Å². The van der Waals surface area contributed by atoms with Gasteiger partial charge in [0.1, 0.15) is 0 Å². The third-order valence-corrected chi connectivity index (χ3v) is 2.20. The van der Waals surface area contributed by atoms with Gasteiger partial charge < -0.3 is 15.2 Å². The minimum absolute atomic E-state index is 0.0547. The van der Waals surface area contributed by atoms with Crippen molar-refractivity contribution >= 4 is 23.5 Å². The van der Waals surface area contributed by atoms with Gasteiger partial charge in [-0.15, -0.1) is 0 Å². The quantitative estimate of drug-likeness (QED) is 0.767. The minimum Gasteiger partial charge on any atom is -0.550 e. The monoisotopic (exact) mass is 240 g/mol. The van der Waals surface area contributed by atoms with E-state index in [1.807, 2.05) is 0 Å². The topological polar surface area (TPSA) is 69.2 Å². The number of hydrogen-bond acceptors (Lipinski definition) is 3. The van der Waals surface area contributed by atoms with E-state index in [-0.39, 0.29) is 12.3 Å². The lowest BCUT2D eigenvalue weighted by Crippen LogP contribution is -2.27. The van der Waals surface area contributed by atoms with Gasteiger partial charge in [-0.1, -0.05) is 11.6 Å². The van der Waals surface area contributed by atoms with Crippen LogP contribution in [0.4, 0.5) is 0 Å². The lowest BCUT2D eigenvalue weighted by Gasteiger charge is -2.05. The van der Waals surface area contributed by atoms with Gasteiger partial charge in [0, 0.05) is 23.1 Å². The molecule has 0 fully saturated rings. The molecule has 0 radical (unpaired) electrons. The summed E-state index contributed by atoms with van der Waals surface area (Å²) in [4.78, 5) is 21.6. The Morgan fingerprint density at radius 3 is 2.44 bits per heavy atom. The first-order chi connectivity index (χ1) is 7.59. The molecule has 0 heterocycles. The molecule has 1 aromatic rings. The average molecular weight is 241 g/mol. The normalized spacial score (nSPS) is 9.81. The van der Waals surface area contributed by atoms with E-state index >= 15 is 0 Å². The number of rotatable bonds is 5. The molecule has 0 aromatic heterocycles. The van der Waals surface area contributed by atoms with Crippen molar-refractivity contribution in [1.82, 2.24) is 5.32 Å². The maximum Gasteiger partial charge on any atom is 0.251 e. The summed E-state index contributed by atoms with van der Waals surface area (Å²) in [5.74, 6) is -1.35. The van der Waals surface area contributed by atoms with Gasteiger partial charge in [-0.25, -0.2) is 0 Å². The van der Waals surface area contributed by atoms with Crippen LogP contribution < -0.4 is 10.4 Å². The summed E-state index contributed by atoms with van der Waals surface area (Å²) in [5.41, 5.74) is 0.498. The lowest BCUT2D eigenvalue weighted by molar-refractivity contribution is -0.305. The molecule has 0 saturated carbocycles. The minimum atomic E-state index is -1.11. The van der Waals surface area contributed by atoms with E-state index in [2.05, 4.69) is 5.32 Å². The number of halogens is 1. The fourth-order valence-corrected chi connectivity index (χ4v) is 1.26. The van der Waals surface area contributed by atoms with E-state index in [0.717, 1.165) is 0 Å². The van der Waals surface area contributed by atoms with Crippen molar-refractivity contribution in [3.05, 3.63) is 34.9 Å². The summed E-state index contributed by atoms with van der Waals surface area (Å²) < 4.78 is 0. The molecule has 0 spiro atoms. The van der Waals surface area contributed by atoms with Crippen molar-refractivity contribution in [2.75, 3.05) is 6.54 Å². The van der Waals surface area contributed by atoms with E-state index < -0.39 is 5.97 Å². The summed E-state index contributed by atoms with van der Waals surface area (Å²) in [5, 5.41) is 13.3. The Morgan fingerprint density at radius 2 is 1.88 bits per heavy atom. The smallest absolute Gasteiger partial charge is 0.251 e. The maximum absolute atomic E-state index is 11.5. The molecule has 1 amide bonds. The first-order valence-electron chi connectivity index (χ1n) is 4.83. The number of carboxylic acid groups (broad SMARTS) is 1. The van der Waals surface area contributed by atoms with Crippen LogP contribution in [0.25, 0.3) is 0 Å². The van der Waals surface area contributed by atoms with Gasteiger partial charge >= 0.3 is 0 Å². The molecule has 4 nitrogen and oxygen atoms in total. The first-order valence-corrected chi connectivity index (χ1v) is 5.21. The second-order valence-corrected chi connectivity index (χ2v) is 3.67. The zero-order valence-corrected chi connectivity index (χ0v) is 9.29. The van der Waals surface area contributed by atoms with Crippen LogP contribution in [0, 0.1) is 0 Å². The van der Waals surface area contributed by atoms with Gasteiger partial charge in [0.2, 0.25) is 0 Å². The van der Waals surface area contributed by atoms with Crippen LogP contribution in [0.1, 0.15) is 23.2 Å². The Labute approximate surface area is 98.2 Å². The molecule has 16 heavy (non-hydrogen) atoms. The summed E-state index contributed by atoms with van der Waals surface area (Å²) >= 11 is 5.67. The number of amides is 1. The fraction of sp³-hybridized carbons (Fsp3) is 0.273. The molecule has 86 valence electrons. The molecule has 0 unspecified atom stereocenters. The number of nitrogens with one attached hydrogen (secondary N) is 1. The summed E-state index contributed by atoms with van der Waals surface area (Å²) in [7, 11) is 0. The number of carbonyl (C=O) groups is 2. The molecule has 0 bridgehead atoms. The predicted octanol–water partition coefficient (Wildman–Crippen LogP) is 0.600. The standard InChI is InChI=1S/C11H12ClNO3/c12-9-5-3-8(4-6-9)11(16)13-7-1-2-10(14)15/h3-6H,1-2,7H2,(H,13,16)(H,14,15)/p-1. The molecule has 1 rings (SSSR count). The van der Waals surface area contributed by atoms with Crippen molar-refractivity contribution in [3.8, 4) is 0 Å². The Morgan fingerprint density at radius 1 is 1.25 bits per heavy atom. The molecule has 1 N–H and O–H groups in total. The van der Waals surface area contributed by atoms with E-state index in [4.69, 9.17) is 11.6 Å². The fourth-order valence-electron chi connectivity index (χ4n) is 1.14. The SMILES string of the molecule is O=C([O-])CCCNC(=O)c1ccc(Cl)cc1. The van der Waals surface area contributed by atoms with Crippen LogP contribution in [-0.4, -0.2) is 18.4 Å². The van der Waals surface area contributed by atoms with Gasteiger partial charge in [0.15, 0.2) is 0 Å². The van der Waals surface area contributed by atoms with Gasteiger partial charge in [0.05, 0.1) is 0 Å². The second-order valence-electron chi connectivity index (χ2n) is 3.24. The molecular formula is C11H11ClNO3-. The lowest BCUT2D eigenvalue weighted by atomic mass is 10.2. The van der Waals surface area contributed by atoms with Gasteiger partial charge in [-0.3, -0.25) is 4.79 Å². The zero-order chi connectivity index (χ0) is 12.0. The summed E-state index contributed by atoms with van der Waals surface area (Å²) in [6, 6.07) is 6.46. The molecule has 1 aromatic carbocycles. The van der Waals surface area contributed by atoms with Crippen LogP contribution >= 0.6 is 11.6 Å². The van der Waals surface area contributed by atoms with Crippen LogP contribution in [0.3, 0.4) is 0 Å². The Bertz CT molecular complexity index is 375. The number of carboxylic acids is 1. The Hall–Kier alpha value is -1.55. The highest BCUT2D eigenvalue weighted by Gasteiger charge is 2.03. The van der Waals surface area contributed by atoms with E-state index in [1.54, 1.807) is 24.3 Å². The molecule has 0 aliphatic carbocycles. The molecule has 0 aliphatic heterocycles. The van der Waals surface area contributed by atoms with Crippen molar-refractivity contribution < 1.29 is 14.7 Å². The number of aliphatic carboxylic acids is 1. The van der Waals surface area contributed by atoms with Crippen LogP contribution in [0.15, 0.2) is 24.3 Å². The van der Waals surface area contributed by atoms with E-state index in [0.29, 0.717) is 23.6 Å². The number of carbonyl (C=O) groups excluding carboxylic acids is 2. The molecule has 0 atom stereocenters. The van der Waals surface area contributed by atoms with Crippen molar-refractivity contribution in [3.63, 3.8) is 0 Å². The average Bonchev–Trinajstić information content (AvgIpc) is 2.25. The highest BCUT2D eigenvalue weighted by molar-refractivity contribution is 6.30. The van der Waals surface area contributed by atoms with Gasteiger partial charge in [-0.05, 0) is 37.1 Å². The van der Waals surface area contributed by atoms with Crippen molar-refractivity contribution in [1.29, 1.82) is 0 Å². The largest absolute Gasteiger partial charge is 0.550 e. The number of hydrogen-bond donors (Lipinski definition) is 1. The van der Waals surface area contributed by atoms with Crippen molar-refractivity contribution in [2.24, 2.45) is 0 Å². The molecular weight excluding hydrogens is 230 g/mol. The highest BCUT2D eigenvalue weighted by Crippen LogP contribution is 2.09. The second kappa shape index (κ2) is 6.12. The molecule has 5 heteroatoms. The van der Waals surface area contributed by atoms with Crippen molar-refractivity contribution in [2.45, 2.75) is 12.8 Å². The predicted molar refractivity (Wildman–Crippen MR) is 58.0 cm³/mol. The molecule has 0 saturated heterocycles. The highest BCUT2D eigenvalue weighted by atomic mass is 35.5. The van der Waals surface area contributed by atoms with Gasteiger partial charge in [0.25, 0.3) is 5.91 Å². The third kappa shape index (κ3) is 4.31. The van der Waals surface area contributed by atoms with E-state index in [9.17, 15) is 14.7 Å². The van der Waals surface area contributed by atoms with Crippen LogP contribution in [0.5, 0.6) is 0 Å². The van der Waals surface area contributed by atoms with Gasteiger partial charge in [-0.2, -0.15) is 0 Å². The molecule has 0 aliphatic rings.